The number of nitriles is 1. The first-order valence-electron chi connectivity index (χ1n) is 6.02. The Labute approximate surface area is 120 Å². The number of pyridine rings is 1. The van der Waals surface area contributed by atoms with E-state index in [0.717, 1.165) is 18.3 Å². The van der Waals surface area contributed by atoms with Crippen LogP contribution in [0.25, 0.3) is 0 Å². The Bertz CT molecular complexity index is 563. The quantitative estimate of drug-likeness (QED) is 0.932. The summed E-state index contributed by atoms with van der Waals surface area (Å²) in [6, 6.07) is 2.97. The Balaban J connectivity index is 2.78. The highest BCUT2D eigenvalue weighted by Gasteiger charge is 2.31. The third-order valence-corrected chi connectivity index (χ3v) is 2.60. The largest absolute Gasteiger partial charge is 0.416 e. The molecule has 21 heavy (non-hydrogen) atoms. The number of carbonyl (C=O) groups is 1. The summed E-state index contributed by atoms with van der Waals surface area (Å²) < 4.78 is 37.6. The van der Waals surface area contributed by atoms with E-state index in [-0.39, 0.29) is 12.4 Å². The van der Waals surface area contributed by atoms with Crippen LogP contribution in [0.3, 0.4) is 0 Å². The van der Waals surface area contributed by atoms with Crippen LogP contribution >= 0.6 is 0 Å². The van der Waals surface area contributed by atoms with E-state index >= 15 is 0 Å². The number of amides is 2. The summed E-state index contributed by atoms with van der Waals surface area (Å²) in [7, 11) is 1.45. The maximum absolute atomic E-state index is 12.5. The average molecular weight is 300 g/mol. The Morgan fingerprint density at radius 3 is 2.62 bits per heavy atom. The number of aromatic nitrogens is 1. The van der Waals surface area contributed by atoms with Gasteiger partial charge in [0.1, 0.15) is 5.82 Å². The zero-order valence-corrected chi connectivity index (χ0v) is 11.8. The van der Waals surface area contributed by atoms with Gasteiger partial charge in [0.15, 0.2) is 0 Å². The minimum Gasteiger partial charge on any atom is -0.326 e. The van der Waals surface area contributed by atoms with Crippen LogP contribution in [0.1, 0.15) is 19.4 Å². The fourth-order valence-electron chi connectivity index (χ4n) is 1.58. The summed E-state index contributed by atoms with van der Waals surface area (Å²) in [5.74, 6) is -0.198. The van der Waals surface area contributed by atoms with Crippen molar-refractivity contribution in [3.05, 3.63) is 23.9 Å². The molecule has 0 bridgehead atoms. The van der Waals surface area contributed by atoms with Crippen LogP contribution < -0.4 is 5.32 Å². The Kier molecular flexibility index (Phi) is 4.78. The number of hydrogen-bond acceptors (Lipinski definition) is 3. The van der Waals surface area contributed by atoms with Crippen LogP contribution in [0.15, 0.2) is 18.3 Å². The summed E-state index contributed by atoms with van der Waals surface area (Å²) in [5.41, 5.74) is -1.65. The van der Waals surface area contributed by atoms with Crippen LogP contribution in [-0.4, -0.2) is 29.5 Å². The molecule has 1 N–H and O–H groups in total. The van der Waals surface area contributed by atoms with E-state index in [0.29, 0.717) is 0 Å². The van der Waals surface area contributed by atoms with Gasteiger partial charge in [-0.15, -0.1) is 0 Å². The fourth-order valence-corrected chi connectivity index (χ4v) is 1.58. The Hall–Kier alpha value is -2.30. The van der Waals surface area contributed by atoms with E-state index in [1.807, 2.05) is 6.07 Å². The molecule has 0 aliphatic rings. The molecular weight excluding hydrogens is 285 g/mol. The van der Waals surface area contributed by atoms with Gasteiger partial charge in [-0.25, -0.2) is 9.78 Å². The van der Waals surface area contributed by atoms with Gasteiger partial charge in [0, 0.05) is 19.8 Å². The minimum atomic E-state index is -4.50. The van der Waals surface area contributed by atoms with Gasteiger partial charge in [-0.05, 0) is 26.0 Å². The van der Waals surface area contributed by atoms with E-state index in [1.54, 1.807) is 13.8 Å². The standard InChI is InChI=1S/C13H15F3N4O/c1-12(2,7-17)8-20(3)11(21)19-10-6-9(4-5-18-10)13(14,15)16/h4-6H,8H2,1-3H3,(H,18,19,21). The summed E-state index contributed by atoms with van der Waals surface area (Å²) in [6.45, 7) is 3.44. The molecule has 0 fully saturated rings. The smallest absolute Gasteiger partial charge is 0.326 e. The second-order valence-electron chi connectivity index (χ2n) is 5.21. The summed E-state index contributed by atoms with van der Waals surface area (Å²) >= 11 is 0. The summed E-state index contributed by atoms with van der Waals surface area (Å²) in [4.78, 5) is 16.7. The number of carbonyl (C=O) groups excluding carboxylic acids is 1. The highest BCUT2D eigenvalue weighted by Crippen LogP contribution is 2.29. The van der Waals surface area contributed by atoms with Gasteiger partial charge in [0.2, 0.25) is 0 Å². The van der Waals surface area contributed by atoms with Gasteiger partial charge in [-0.2, -0.15) is 18.4 Å². The Morgan fingerprint density at radius 2 is 2.10 bits per heavy atom. The number of urea groups is 1. The van der Waals surface area contributed by atoms with E-state index in [2.05, 4.69) is 10.3 Å². The van der Waals surface area contributed by atoms with Gasteiger partial charge < -0.3 is 4.90 Å². The molecule has 0 saturated heterocycles. The SMILES string of the molecule is CN(CC(C)(C)C#N)C(=O)Nc1cc(C(F)(F)F)ccn1. The van der Waals surface area contributed by atoms with Crippen LogP contribution in [0.2, 0.25) is 0 Å². The minimum absolute atomic E-state index is 0.133. The van der Waals surface area contributed by atoms with Gasteiger partial charge >= 0.3 is 12.2 Å². The molecule has 0 atom stereocenters. The number of hydrogen-bond donors (Lipinski definition) is 1. The number of anilines is 1. The van der Waals surface area contributed by atoms with Gasteiger partial charge in [0.05, 0.1) is 17.0 Å². The number of halogens is 3. The fraction of sp³-hybridized carbons (Fsp3) is 0.462. The van der Waals surface area contributed by atoms with Crippen LogP contribution in [0.4, 0.5) is 23.8 Å². The highest BCUT2D eigenvalue weighted by molar-refractivity contribution is 5.88. The van der Waals surface area contributed by atoms with Gasteiger partial charge in [-0.3, -0.25) is 5.32 Å². The van der Waals surface area contributed by atoms with E-state index in [9.17, 15) is 18.0 Å². The number of alkyl halides is 3. The van der Waals surface area contributed by atoms with Crippen molar-refractivity contribution in [1.29, 1.82) is 5.26 Å². The van der Waals surface area contributed by atoms with Crippen LogP contribution in [0, 0.1) is 16.7 Å². The lowest BCUT2D eigenvalue weighted by atomic mass is 9.95. The first-order valence-corrected chi connectivity index (χ1v) is 6.02. The molecule has 0 spiro atoms. The monoisotopic (exact) mass is 300 g/mol. The molecule has 1 aromatic heterocycles. The van der Waals surface area contributed by atoms with Crippen molar-refractivity contribution >= 4 is 11.8 Å². The van der Waals surface area contributed by atoms with Crippen molar-refractivity contribution in [3.8, 4) is 6.07 Å². The predicted octanol–water partition coefficient (Wildman–Crippen LogP) is 3.11. The van der Waals surface area contributed by atoms with Crippen LogP contribution in [0.5, 0.6) is 0 Å². The molecule has 0 saturated carbocycles. The predicted molar refractivity (Wildman–Crippen MR) is 70.3 cm³/mol. The lowest BCUT2D eigenvalue weighted by molar-refractivity contribution is -0.137. The van der Waals surface area contributed by atoms with Crippen LogP contribution in [-0.2, 0) is 6.18 Å². The lowest BCUT2D eigenvalue weighted by Gasteiger charge is -2.24. The summed E-state index contributed by atoms with van der Waals surface area (Å²) in [6.07, 6.45) is -3.53. The molecule has 8 heteroatoms. The van der Waals surface area contributed by atoms with Crippen molar-refractivity contribution in [2.45, 2.75) is 20.0 Å². The zero-order valence-electron chi connectivity index (χ0n) is 11.8. The van der Waals surface area contributed by atoms with Crippen molar-refractivity contribution in [2.24, 2.45) is 5.41 Å². The maximum atomic E-state index is 12.5. The van der Waals surface area contributed by atoms with Crippen molar-refractivity contribution < 1.29 is 18.0 Å². The zero-order chi connectivity index (χ0) is 16.3. The maximum Gasteiger partial charge on any atom is 0.416 e. The first-order chi connectivity index (χ1) is 9.55. The van der Waals surface area contributed by atoms with Gasteiger partial charge in [0.25, 0.3) is 0 Å². The normalized spacial score (nSPS) is 11.7. The number of nitrogens with one attached hydrogen (secondary N) is 1. The Morgan fingerprint density at radius 1 is 1.48 bits per heavy atom. The molecule has 0 aromatic carbocycles. The molecule has 1 rings (SSSR count). The van der Waals surface area contributed by atoms with Crippen molar-refractivity contribution in [3.63, 3.8) is 0 Å². The molecule has 1 aromatic rings. The molecule has 1 heterocycles. The molecule has 0 unspecified atom stereocenters. The molecule has 2 amide bonds. The molecule has 114 valence electrons. The van der Waals surface area contributed by atoms with E-state index in [1.165, 1.54) is 11.9 Å². The van der Waals surface area contributed by atoms with Gasteiger partial charge in [-0.1, -0.05) is 0 Å². The van der Waals surface area contributed by atoms with E-state index in [4.69, 9.17) is 5.26 Å². The molecule has 5 nitrogen and oxygen atoms in total. The lowest BCUT2D eigenvalue weighted by Crippen LogP contribution is -2.38. The third-order valence-electron chi connectivity index (χ3n) is 2.60. The van der Waals surface area contributed by atoms with Crippen molar-refractivity contribution in [2.75, 3.05) is 18.9 Å². The average Bonchev–Trinajstić information content (AvgIpc) is 2.37. The second-order valence-corrected chi connectivity index (χ2v) is 5.21. The second kappa shape index (κ2) is 5.99. The third kappa shape index (κ3) is 4.95. The molecule has 0 aliphatic carbocycles. The molecule has 0 aliphatic heterocycles. The number of nitrogens with zero attached hydrogens (tertiary/aromatic N) is 3. The molecule has 0 radical (unpaired) electrons. The molecular formula is C13H15F3N4O. The highest BCUT2D eigenvalue weighted by atomic mass is 19.4. The topological polar surface area (TPSA) is 69.0 Å². The number of rotatable bonds is 3. The summed E-state index contributed by atoms with van der Waals surface area (Å²) in [5, 5.41) is 11.2. The van der Waals surface area contributed by atoms with Crippen molar-refractivity contribution in [1.82, 2.24) is 9.88 Å². The first kappa shape index (κ1) is 16.8. The van der Waals surface area contributed by atoms with E-state index < -0.39 is 23.2 Å².